The van der Waals surface area contributed by atoms with Gasteiger partial charge < -0.3 is 10.6 Å². The van der Waals surface area contributed by atoms with E-state index in [-0.39, 0.29) is 12.2 Å². The van der Waals surface area contributed by atoms with E-state index < -0.39 is 22.3 Å². The van der Waals surface area contributed by atoms with Crippen LogP contribution in [0.1, 0.15) is 12.8 Å². The number of anilines is 1. The number of hydrogen-bond acceptors (Lipinski definition) is 4. The Balaban J connectivity index is 2.06. The van der Waals surface area contributed by atoms with Gasteiger partial charge in [-0.25, -0.2) is 4.39 Å². The predicted molar refractivity (Wildman–Crippen MR) is 62.7 cm³/mol. The molecule has 1 aliphatic rings. The Kier molecular flexibility index (Phi) is 3.52. The maximum absolute atomic E-state index is 13.4. The van der Waals surface area contributed by atoms with Crippen LogP contribution in [-0.2, 0) is 4.79 Å². The number of nitrogens with zero attached hydrogens (tertiary/aromatic N) is 1. The van der Waals surface area contributed by atoms with E-state index in [1.807, 2.05) is 0 Å². The van der Waals surface area contributed by atoms with Crippen LogP contribution < -0.4 is 10.6 Å². The van der Waals surface area contributed by atoms with E-state index in [4.69, 9.17) is 0 Å². The van der Waals surface area contributed by atoms with E-state index in [9.17, 15) is 19.3 Å². The second-order valence-electron chi connectivity index (χ2n) is 4.09. The van der Waals surface area contributed by atoms with E-state index in [0.29, 0.717) is 6.04 Å². The van der Waals surface area contributed by atoms with E-state index in [1.165, 1.54) is 6.07 Å². The Bertz CT molecular complexity index is 488. The minimum absolute atomic E-state index is 0.0240. The van der Waals surface area contributed by atoms with Crippen LogP contribution in [0.25, 0.3) is 0 Å². The number of hydrogen-bond donors (Lipinski definition) is 2. The molecular formula is C11H12FN3O3. The molecule has 0 radical (unpaired) electrons. The van der Waals surface area contributed by atoms with Gasteiger partial charge in [0.25, 0.3) is 5.69 Å². The first-order chi connectivity index (χ1) is 8.58. The summed E-state index contributed by atoms with van der Waals surface area (Å²) in [6, 6.07) is 3.78. The highest BCUT2D eigenvalue weighted by Crippen LogP contribution is 2.26. The third kappa shape index (κ3) is 3.01. The maximum Gasteiger partial charge on any atom is 0.295 e. The molecule has 1 amide bonds. The molecule has 2 rings (SSSR count). The quantitative estimate of drug-likeness (QED) is 0.614. The van der Waals surface area contributed by atoms with E-state index >= 15 is 0 Å². The van der Waals surface area contributed by atoms with E-state index in [1.54, 1.807) is 0 Å². The van der Waals surface area contributed by atoms with Crippen molar-refractivity contribution in [2.45, 2.75) is 18.9 Å². The van der Waals surface area contributed by atoms with Gasteiger partial charge in [0.15, 0.2) is 11.5 Å². The molecule has 2 N–H and O–H groups in total. The molecule has 0 heterocycles. The first-order valence-corrected chi connectivity index (χ1v) is 5.54. The summed E-state index contributed by atoms with van der Waals surface area (Å²) in [4.78, 5) is 21.5. The Morgan fingerprint density at radius 2 is 2.22 bits per heavy atom. The minimum atomic E-state index is -0.816. The summed E-state index contributed by atoms with van der Waals surface area (Å²) in [6.07, 6.45) is 2.04. The fourth-order valence-corrected chi connectivity index (χ4v) is 1.50. The molecule has 1 fully saturated rings. The van der Waals surface area contributed by atoms with Crippen LogP contribution in [0.15, 0.2) is 18.2 Å². The number of benzene rings is 1. The van der Waals surface area contributed by atoms with Crippen LogP contribution >= 0.6 is 0 Å². The molecule has 1 aliphatic carbocycles. The fraction of sp³-hybridized carbons (Fsp3) is 0.364. The lowest BCUT2D eigenvalue weighted by molar-refractivity contribution is -0.384. The number of nitro benzene ring substituents is 1. The predicted octanol–water partition coefficient (Wildman–Crippen LogP) is 1.42. The number of rotatable bonds is 5. The van der Waals surface area contributed by atoms with Gasteiger partial charge in [-0.2, -0.15) is 0 Å². The normalized spacial score (nSPS) is 14.3. The number of amides is 1. The highest BCUT2D eigenvalue weighted by molar-refractivity contribution is 5.94. The summed E-state index contributed by atoms with van der Waals surface area (Å²) in [6.45, 7) is 0.0240. The molecular weight excluding hydrogens is 241 g/mol. The van der Waals surface area contributed by atoms with Crippen molar-refractivity contribution in [3.63, 3.8) is 0 Å². The summed E-state index contributed by atoms with van der Waals surface area (Å²) in [5.74, 6) is -1.31. The molecule has 0 aromatic heterocycles. The summed E-state index contributed by atoms with van der Waals surface area (Å²) >= 11 is 0. The van der Waals surface area contributed by atoms with Crippen molar-refractivity contribution in [3.05, 3.63) is 34.1 Å². The van der Waals surface area contributed by atoms with Crippen LogP contribution in [-0.4, -0.2) is 23.4 Å². The van der Waals surface area contributed by atoms with Gasteiger partial charge in [-0.1, -0.05) is 6.07 Å². The molecule has 0 bridgehead atoms. The van der Waals surface area contributed by atoms with Crippen LogP contribution in [0.5, 0.6) is 0 Å². The van der Waals surface area contributed by atoms with Crippen molar-refractivity contribution in [3.8, 4) is 0 Å². The smallest absolute Gasteiger partial charge is 0.295 e. The molecule has 96 valence electrons. The summed E-state index contributed by atoms with van der Waals surface area (Å²) in [5, 5.41) is 15.9. The maximum atomic E-state index is 13.4. The highest BCUT2D eigenvalue weighted by atomic mass is 19.1. The SMILES string of the molecule is O=C(CNC1CC1)Nc1c(F)cccc1[N+](=O)[O-]. The number of nitrogens with one attached hydrogen (secondary N) is 2. The van der Waals surface area contributed by atoms with Gasteiger partial charge in [-0.05, 0) is 18.9 Å². The molecule has 0 unspecified atom stereocenters. The van der Waals surface area contributed by atoms with Crippen LogP contribution in [0, 0.1) is 15.9 Å². The van der Waals surface area contributed by atoms with Gasteiger partial charge in [0, 0.05) is 12.1 Å². The van der Waals surface area contributed by atoms with Gasteiger partial charge >= 0.3 is 0 Å². The fourth-order valence-electron chi connectivity index (χ4n) is 1.50. The number of nitro groups is 1. The van der Waals surface area contributed by atoms with Crippen molar-refractivity contribution in [2.75, 3.05) is 11.9 Å². The third-order valence-electron chi connectivity index (χ3n) is 2.58. The zero-order valence-corrected chi connectivity index (χ0v) is 9.48. The first-order valence-electron chi connectivity index (χ1n) is 5.54. The second-order valence-corrected chi connectivity index (χ2v) is 4.09. The molecule has 0 saturated heterocycles. The van der Waals surface area contributed by atoms with Crippen molar-refractivity contribution in [2.24, 2.45) is 0 Å². The lowest BCUT2D eigenvalue weighted by atomic mass is 10.2. The Morgan fingerprint density at radius 1 is 1.50 bits per heavy atom. The molecule has 0 aliphatic heterocycles. The van der Waals surface area contributed by atoms with E-state index in [0.717, 1.165) is 25.0 Å². The highest BCUT2D eigenvalue weighted by Gasteiger charge is 2.23. The first kappa shape index (κ1) is 12.4. The number of halogens is 1. The van der Waals surface area contributed by atoms with Crippen molar-refractivity contribution >= 4 is 17.3 Å². The molecule has 1 saturated carbocycles. The van der Waals surface area contributed by atoms with Crippen LogP contribution in [0.2, 0.25) is 0 Å². The largest absolute Gasteiger partial charge is 0.317 e. The number of carbonyl (C=O) groups is 1. The molecule has 1 aromatic rings. The number of para-hydroxylation sites is 1. The van der Waals surface area contributed by atoms with Crippen molar-refractivity contribution in [1.29, 1.82) is 0 Å². The lowest BCUT2D eigenvalue weighted by Gasteiger charge is -2.07. The van der Waals surface area contributed by atoms with Gasteiger partial charge in [-0.3, -0.25) is 14.9 Å². The molecule has 18 heavy (non-hydrogen) atoms. The van der Waals surface area contributed by atoms with E-state index in [2.05, 4.69) is 10.6 Å². The van der Waals surface area contributed by atoms with Crippen molar-refractivity contribution in [1.82, 2.24) is 5.32 Å². The summed E-state index contributed by atoms with van der Waals surface area (Å²) in [7, 11) is 0. The van der Waals surface area contributed by atoms with Crippen LogP contribution in [0.3, 0.4) is 0 Å². The lowest BCUT2D eigenvalue weighted by Crippen LogP contribution is -2.29. The Morgan fingerprint density at radius 3 is 2.83 bits per heavy atom. The van der Waals surface area contributed by atoms with Crippen LogP contribution in [0.4, 0.5) is 15.8 Å². The average Bonchev–Trinajstić information content (AvgIpc) is 3.12. The summed E-state index contributed by atoms with van der Waals surface area (Å²) in [5.41, 5.74) is -0.833. The molecule has 6 nitrogen and oxygen atoms in total. The van der Waals surface area contributed by atoms with Gasteiger partial charge in [0.1, 0.15) is 0 Å². The zero-order valence-electron chi connectivity index (χ0n) is 9.48. The number of carbonyl (C=O) groups excluding carboxylic acids is 1. The van der Waals surface area contributed by atoms with Gasteiger partial charge in [0.2, 0.25) is 5.91 Å². The van der Waals surface area contributed by atoms with Crippen molar-refractivity contribution < 1.29 is 14.1 Å². The van der Waals surface area contributed by atoms with Gasteiger partial charge in [0.05, 0.1) is 11.5 Å². The molecule has 0 spiro atoms. The zero-order chi connectivity index (χ0) is 13.1. The second kappa shape index (κ2) is 5.09. The van der Waals surface area contributed by atoms with Gasteiger partial charge in [-0.15, -0.1) is 0 Å². The molecule has 1 aromatic carbocycles. The third-order valence-corrected chi connectivity index (χ3v) is 2.58. The monoisotopic (exact) mass is 253 g/mol. The minimum Gasteiger partial charge on any atom is -0.317 e. The Hall–Kier alpha value is -2.02. The topological polar surface area (TPSA) is 84.3 Å². The standard InChI is InChI=1S/C11H12FN3O3/c12-8-2-1-3-9(15(17)18)11(8)14-10(16)6-13-7-4-5-7/h1-3,7,13H,4-6H2,(H,14,16). The summed E-state index contributed by atoms with van der Waals surface area (Å²) < 4.78 is 13.4. The molecule has 0 atom stereocenters. The Labute approximate surface area is 102 Å². The average molecular weight is 253 g/mol. The molecule has 7 heteroatoms.